The van der Waals surface area contributed by atoms with E-state index < -0.39 is 0 Å². The van der Waals surface area contributed by atoms with Crippen molar-refractivity contribution in [2.24, 2.45) is 0 Å². The first kappa shape index (κ1) is 25.2. The van der Waals surface area contributed by atoms with Crippen molar-refractivity contribution >= 4 is 5.97 Å². The van der Waals surface area contributed by atoms with E-state index in [1.165, 1.54) is 0 Å². The molecule has 0 amide bonds. The van der Waals surface area contributed by atoms with Gasteiger partial charge in [-0.2, -0.15) is 0 Å². The molecule has 6 nitrogen and oxygen atoms in total. The lowest BCUT2D eigenvalue weighted by Gasteiger charge is -2.34. The van der Waals surface area contributed by atoms with Crippen LogP contribution in [0.15, 0.2) is 12.1 Å². The summed E-state index contributed by atoms with van der Waals surface area (Å²) in [6.45, 7) is 5.83. The maximum atomic E-state index is 13.2. The van der Waals surface area contributed by atoms with E-state index in [0.29, 0.717) is 30.2 Å². The quantitative estimate of drug-likeness (QED) is 0.410. The van der Waals surface area contributed by atoms with Gasteiger partial charge in [-0.05, 0) is 63.7 Å². The number of hydrogen-bond donors (Lipinski definition) is 0. The van der Waals surface area contributed by atoms with E-state index in [9.17, 15) is 13.6 Å². The van der Waals surface area contributed by atoms with Gasteiger partial charge in [-0.3, -0.25) is 9.80 Å². The summed E-state index contributed by atoms with van der Waals surface area (Å²) in [6.07, 6.45) is 5.57. The number of nitrogens with zero attached hydrogens (tertiary/aromatic N) is 2. The highest BCUT2D eigenvalue weighted by Crippen LogP contribution is 2.42. The number of benzene rings is 1. The van der Waals surface area contributed by atoms with E-state index in [-0.39, 0.29) is 50.2 Å². The number of likely N-dealkylation sites (N-methyl/N-ethyl adjacent to an activating group) is 2. The number of esters is 1. The topological polar surface area (TPSA) is 51.2 Å². The Balaban J connectivity index is 1.60. The zero-order valence-corrected chi connectivity index (χ0v) is 20.4. The van der Waals surface area contributed by atoms with Gasteiger partial charge in [-0.15, -0.1) is 0 Å². The minimum Gasteiger partial charge on any atom is -0.485 e. The molecule has 2 aliphatic carbocycles. The van der Waals surface area contributed by atoms with E-state index in [4.69, 9.17) is 14.2 Å². The maximum Gasteiger partial charge on any atom is 0.339 e. The molecule has 2 fully saturated rings. The molecule has 190 valence electrons. The standard InChI is InChI=1S/C26H38F2N2O4/c1-3-29(15-13-27)20-7-5-9-22(20)33-24-12-11-18-19(17-32-26(18)31)25(24)34-23-10-6-8-21(23)30(4-2)16-14-28/h11-12,20-23H,3-10,13-17H2,1-2H3/t20-,21-,22-,23-/m0/s1. The van der Waals surface area contributed by atoms with E-state index >= 15 is 0 Å². The summed E-state index contributed by atoms with van der Waals surface area (Å²) < 4.78 is 44.8. The lowest BCUT2D eigenvalue weighted by Crippen LogP contribution is -2.44. The van der Waals surface area contributed by atoms with Crippen LogP contribution in [0.1, 0.15) is 68.3 Å². The van der Waals surface area contributed by atoms with Crippen LogP contribution in [0.5, 0.6) is 11.5 Å². The second-order valence-corrected chi connectivity index (χ2v) is 9.44. The van der Waals surface area contributed by atoms with Gasteiger partial charge in [0.2, 0.25) is 0 Å². The summed E-state index contributed by atoms with van der Waals surface area (Å²) in [5.74, 6) is 0.848. The molecule has 3 aliphatic rings. The number of carbonyl (C=O) groups is 1. The predicted octanol–water partition coefficient (Wildman–Crippen LogP) is 4.54. The maximum absolute atomic E-state index is 13.2. The van der Waals surface area contributed by atoms with Gasteiger partial charge < -0.3 is 14.2 Å². The van der Waals surface area contributed by atoms with E-state index in [2.05, 4.69) is 16.7 Å². The smallest absolute Gasteiger partial charge is 0.339 e. The molecule has 0 spiro atoms. The molecular weight excluding hydrogens is 442 g/mol. The summed E-state index contributed by atoms with van der Waals surface area (Å²) in [5, 5.41) is 0. The van der Waals surface area contributed by atoms with Crippen LogP contribution >= 0.6 is 0 Å². The Morgan fingerprint density at radius 2 is 1.50 bits per heavy atom. The van der Waals surface area contributed by atoms with Crippen molar-refractivity contribution in [3.05, 3.63) is 23.3 Å². The van der Waals surface area contributed by atoms with Crippen LogP contribution < -0.4 is 9.47 Å². The van der Waals surface area contributed by atoms with Gasteiger partial charge in [0.25, 0.3) is 0 Å². The third-order valence-electron chi connectivity index (χ3n) is 7.67. The summed E-state index contributed by atoms with van der Waals surface area (Å²) in [7, 11) is 0. The van der Waals surface area contributed by atoms with Crippen molar-refractivity contribution in [2.45, 2.75) is 83.3 Å². The van der Waals surface area contributed by atoms with Crippen molar-refractivity contribution < 1.29 is 27.8 Å². The molecule has 0 saturated heterocycles. The van der Waals surface area contributed by atoms with Crippen LogP contribution in [0.2, 0.25) is 0 Å². The van der Waals surface area contributed by atoms with Crippen molar-refractivity contribution in [2.75, 3.05) is 39.5 Å². The largest absolute Gasteiger partial charge is 0.485 e. The molecule has 0 N–H and O–H groups in total. The predicted molar refractivity (Wildman–Crippen MR) is 126 cm³/mol. The third-order valence-corrected chi connectivity index (χ3v) is 7.67. The Kier molecular flexibility index (Phi) is 8.64. The molecule has 0 unspecified atom stereocenters. The Labute approximate surface area is 201 Å². The van der Waals surface area contributed by atoms with Gasteiger partial charge in [-0.25, -0.2) is 13.6 Å². The molecular formula is C26H38F2N2O4. The number of alkyl halides is 2. The van der Waals surface area contributed by atoms with Crippen molar-refractivity contribution in [3.8, 4) is 11.5 Å². The first-order chi connectivity index (χ1) is 16.6. The normalized spacial score (nSPS) is 26.4. The van der Waals surface area contributed by atoms with Crippen LogP contribution in [0.25, 0.3) is 0 Å². The summed E-state index contributed by atoms with van der Waals surface area (Å²) in [5.41, 5.74) is 1.25. The third kappa shape index (κ3) is 5.18. The van der Waals surface area contributed by atoms with Crippen molar-refractivity contribution in [1.82, 2.24) is 9.80 Å². The zero-order valence-electron chi connectivity index (χ0n) is 20.4. The lowest BCUT2D eigenvalue weighted by molar-refractivity contribution is 0.0526. The molecule has 1 aromatic rings. The van der Waals surface area contributed by atoms with Gasteiger partial charge in [0.05, 0.1) is 5.56 Å². The monoisotopic (exact) mass is 480 g/mol. The van der Waals surface area contributed by atoms with Crippen LogP contribution in [0.3, 0.4) is 0 Å². The van der Waals surface area contributed by atoms with E-state index in [1.54, 1.807) is 6.07 Å². The van der Waals surface area contributed by atoms with Gasteiger partial charge in [0, 0.05) is 30.7 Å². The van der Waals surface area contributed by atoms with Gasteiger partial charge in [0.1, 0.15) is 32.2 Å². The molecule has 1 aromatic carbocycles. The number of halogens is 2. The van der Waals surface area contributed by atoms with E-state index in [0.717, 1.165) is 57.2 Å². The second kappa shape index (κ2) is 11.7. The van der Waals surface area contributed by atoms with Crippen LogP contribution in [0, 0.1) is 0 Å². The summed E-state index contributed by atoms with van der Waals surface area (Å²) in [4.78, 5) is 16.6. The van der Waals surface area contributed by atoms with Crippen molar-refractivity contribution in [1.29, 1.82) is 0 Å². The van der Waals surface area contributed by atoms with Gasteiger partial charge in [0.15, 0.2) is 11.5 Å². The highest BCUT2D eigenvalue weighted by molar-refractivity contribution is 5.94. The molecule has 4 atom stereocenters. The average Bonchev–Trinajstić information content (AvgIpc) is 3.58. The Morgan fingerprint density at radius 1 is 0.912 bits per heavy atom. The van der Waals surface area contributed by atoms with Crippen molar-refractivity contribution in [3.63, 3.8) is 0 Å². The number of fused-ring (bicyclic) bond motifs is 1. The number of hydrogen-bond acceptors (Lipinski definition) is 6. The number of cyclic esters (lactones) is 1. The first-order valence-electron chi connectivity index (χ1n) is 12.9. The van der Waals surface area contributed by atoms with Crippen LogP contribution in [0.4, 0.5) is 8.78 Å². The molecule has 0 aromatic heterocycles. The summed E-state index contributed by atoms with van der Waals surface area (Å²) >= 11 is 0. The fraction of sp³-hybridized carbons (Fsp3) is 0.731. The molecule has 1 aliphatic heterocycles. The fourth-order valence-electron chi connectivity index (χ4n) is 5.95. The first-order valence-corrected chi connectivity index (χ1v) is 12.9. The Morgan fingerprint density at radius 3 is 2.06 bits per heavy atom. The zero-order chi connectivity index (χ0) is 24.1. The summed E-state index contributed by atoms with van der Waals surface area (Å²) in [6, 6.07) is 3.84. The molecule has 0 bridgehead atoms. The highest BCUT2D eigenvalue weighted by atomic mass is 19.1. The Bertz CT molecular complexity index is 839. The minimum atomic E-state index is -0.385. The molecule has 1 heterocycles. The molecule has 34 heavy (non-hydrogen) atoms. The lowest BCUT2D eigenvalue weighted by atomic mass is 10.1. The average molecular weight is 481 g/mol. The molecule has 8 heteroatoms. The highest BCUT2D eigenvalue weighted by Gasteiger charge is 2.38. The minimum absolute atomic E-state index is 0.0667. The van der Waals surface area contributed by atoms with Crippen LogP contribution in [-0.4, -0.2) is 79.6 Å². The molecule has 2 saturated carbocycles. The number of carbonyl (C=O) groups excluding carboxylic acids is 1. The molecule has 4 rings (SSSR count). The van der Waals surface area contributed by atoms with Gasteiger partial charge >= 0.3 is 5.97 Å². The molecule has 0 radical (unpaired) electrons. The van der Waals surface area contributed by atoms with E-state index in [1.807, 2.05) is 13.0 Å². The SMILES string of the molecule is CCN(CCF)[C@H]1CCC[C@@H]1Oc1ccc2c(c1O[C@H]1CCC[C@@H]1N(CC)CCF)COC2=O. The second-order valence-electron chi connectivity index (χ2n) is 9.44. The number of rotatable bonds is 12. The fourth-order valence-corrected chi connectivity index (χ4v) is 5.95. The van der Waals surface area contributed by atoms with Gasteiger partial charge in [-0.1, -0.05) is 13.8 Å². The Hall–Kier alpha value is -1.93. The number of ether oxygens (including phenoxy) is 3. The van der Waals surface area contributed by atoms with Crippen LogP contribution in [-0.2, 0) is 11.3 Å².